The Hall–Kier alpha value is -1.56. The van der Waals surface area contributed by atoms with Gasteiger partial charge in [-0.3, -0.25) is 4.79 Å². The van der Waals surface area contributed by atoms with Crippen LogP contribution in [0.4, 0.5) is 11.8 Å². The first-order valence-electron chi connectivity index (χ1n) is 4.92. The van der Waals surface area contributed by atoms with E-state index in [1.165, 1.54) is 6.20 Å². The van der Waals surface area contributed by atoms with Gasteiger partial charge in [0, 0.05) is 6.54 Å². The Morgan fingerprint density at radius 1 is 1.62 bits per heavy atom. The lowest BCUT2D eigenvalue weighted by Gasteiger charge is -2.07. The zero-order valence-corrected chi connectivity index (χ0v) is 9.71. The maximum absolute atomic E-state index is 11.3. The molecule has 1 heterocycles. The number of nitrogens with one attached hydrogen (secondary N) is 2. The average Bonchev–Trinajstić information content (AvgIpc) is 2.27. The molecular formula is C9H14ClN5O. The summed E-state index contributed by atoms with van der Waals surface area (Å²) in [5.74, 6) is 0.358. The van der Waals surface area contributed by atoms with Gasteiger partial charge in [0.15, 0.2) is 5.82 Å². The Morgan fingerprint density at radius 3 is 3.06 bits per heavy atom. The van der Waals surface area contributed by atoms with Crippen LogP contribution in [0.3, 0.4) is 0 Å². The van der Waals surface area contributed by atoms with Crippen LogP contribution in [-0.2, 0) is 4.79 Å². The van der Waals surface area contributed by atoms with E-state index in [1.807, 2.05) is 6.92 Å². The summed E-state index contributed by atoms with van der Waals surface area (Å²) < 4.78 is 0. The van der Waals surface area contributed by atoms with Crippen LogP contribution in [0, 0.1) is 0 Å². The third kappa shape index (κ3) is 3.90. The van der Waals surface area contributed by atoms with E-state index >= 15 is 0 Å². The molecule has 0 aliphatic heterocycles. The number of nitrogens with two attached hydrogens (primary N) is 1. The molecule has 0 unspecified atom stereocenters. The molecule has 6 nitrogen and oxygen atoms in total. The summed E-state index contributed by atoms with van der Waals surface area (Å²) in [6.45, 7) is 2.74. The minimum absolute atomic E-state index is 0.107. The van der Waals surface area contributed by atoms with Crippen LogP contribution in [0.2, 0.25) is 5.02 Å². The number of carbonyl (C=O) groups is 1. The number of carbonyl (C=O) groups excluding carboxylic acids is 1. The van der Waals surface area contributed by atoms with Gasteiger partial charge in [0.2, 0.25) is 11.9 Å². The number of aromatic nitrogens is 2. The van der Waals surface area contributed by atoms with Crippen molar-refractivity contribution in [3.8, 4) is 0 Å². The first-order valence-corrected chi connectivity index (χ1v) is 5.30. The van der Waals surface area contributed by atoms with Crippen molar-refractivity contribution in [3.05, 3.63) is 11.2 Å². The molecule has 0 fully saturated rings. The van der Waals surface area contributed by atoms with E-state index in [2.05, 4.69) is 20.6 Å². The molecule has 7 heteroatoms. The number of halogens is 1. The zero-order chi connectivity index (χ0) is 12.0. The van der Waals surface area contributed by atoms with Gasteiger partial charge in [-0.2, -0.15) is 4.98 Å². The summed E-state index contributed by atoms with van der Waals surface area (Å²) in [6, 6.07) is 0. The number of nitrogens with zero attached hydrogens (tertiary/aromatic N) is 2. The van der Waals surface area contributed by atoms with Gasteiger partial charge >= 0.3 is 0 Å². The second-order valence-corrected chi connectivity index (χ2v) is 3.54. The van der Waals surface area contributed by atoms with Crippen LogP contribution in [0.25, 0.3) is 0 Å². The molecule has 0 saturated heterocycles. The molecule has 0 bridgehead atoms. The Labute approximate surface area is 98.6 Å². The van der Waals surface area contributed by atoms with Gasteiger partial charge in [-0.1, -0.05) is 18.5 Å². The molecule has 0 aliphatic carbocycles. The first kappa shape index (κ1) is 12.5. The summed E-state index contributed by atoms with van der Waals surface area (Å²) in [6.07, 6.45) is 2.28. The molecule has 1 aromatic rings. The Morgan fingerprint density at radius 2 is 2.38 bits per heavy atom. The van der Waals surface area contributed by atoms with Crippen molar-refractivity contribution < 1.29 is 4.79 Å². The van der Waals surface area contributed by atoms with Crippen molar-refractivity contribution in [2.75, 3.05) is 24.1 Å². The zero-order valence-electron chi connectivity index (χ0n) is 8.96. The molecule has 0 aliphatic rings. The van der Waals surface area contributed by atoms with E-state index in [0.29, 0.717) is 17.4 Å². The van der Waals surface area contributed by atoms with Crippen molar-refractivity contribution in [1.82, 2.24) is 15.3 Å². The van der Waals surface area contributed by atoms with Gasteiger partial charge in [0.05, 0.1) is 12.7 Å². The van der Waals surface area contributed by atoms with E-state index in [-0.39, 0.29) is 18.4 Å². The van der Waals surface area contributed by atoms with Gasteiger partial charge in [0.1, 0.15) is 5.02 Å². The SMILES string of the molecule is CCCNC(=O)CNc1nc(N)ncc1Cl. The highest BCUT2D eigenvalue weighted by Gasteiger charge is 2.05. The molecule has 4 N–H and O–H groups in total. The van der Waals surface area contributed by atoms with Crippen LogP contribution >= 0.6 is 11.6 Å². The molecule has 1 rings (SSSR count). The molecule has 1 amide bonds. The Balaban J connectivity index is 2.47. The predicted octanol–water partition coefficient (Wildman–Crippen LogP) is 0.650. The largest absolute Gasteiger partial charge is 0.368 e. The highest BCUT2D eigenvalue weighted by atomic mass is 35.5. The summed E-state index contributed by atoms with van der Waals surface area (Å²) in [7, 11) is 0. The van der Waals surface area contributed by atoms with Crippen molar-refractivity contribution in [3.63, 3.8) is 0 Å². The first-order chi connectivity index (χ1) is 7.63. The lowest BCUT2D eigenvalue weighted by molar-refractivity contribution is -0.119. The number of anilines is 2. The van der Waals surface area contributed by atoms with Crippen molar-refractivity contribution in [2.45, 2.75) is 13.3 Å². The molecule has 88 valence electrons. The molecule has 0 atom stereocenters. The van der Waals surface area contributed by atoms with Crippen LogP contribution in [0.1, 0.15) is 13.3 Å². The maximum Gasteiger partial charge on any atom is 0.239 e. The van der Waals surface area contributed by atoms with Gasteiger partial charge in [-0.15, -0.1) is 0 Å². The average molecular weight is 244 g/mol. The molecule has 1 aromatic heterocycles. The summed E-state index contributed by atoms with van der Waals surface area (Å²) in [5, 5.41) is 5.84. The van der Waals surface area contributed by atoms with Crippen LogP contribution in [0.5, 0.6) is 0 Å². The minimum atomic E-state index is -0.116. The van der Waals surface area contributed by atoms with Crippen LogP contribution in [-0.4, -0.2) is 29.0 Å². The van der Waals surface area contributed by atoms with Crippen molar-refractivity contribution >= 4 is 29.3 Å². The Kier molecular flexibility index (Phi) is 4.78. The molecule has 0 saturated carbocycles. The molecule has 0 radical (unpaired) electrons. The molecule has 0 aromatic carbocycles. The highest BCUT2D eigenvalue weighted by molar-refractivity contribution is 6.32. The van der Waals surface area contributed by atoms with E-state index < -0.39 is 0 Å². The fraction of sp³-hybridized carbons (Fsp3) is 0.444. The second-order valence-electron chi connectivity index (χ2n) is 3.13. The highest BCUT2D eigenvalue weighted by Crippen LogP contribution is 2.17. The summed E-state index contributed by atoms with van der Waals surface area (Å²) >= 11 is 5.81. The number of hydrogen-bond donors (Lipinski definition) is 3. The summed E-state index contributed by atoms with van der Waals surface area (Å²) in [5.41, 5.74) is 5.39. The fourth-order valence-corrected chi connectivity index (χ4v) is 1.15. The molecule has 16 heavy (non-hydrogen) atoms. The molecule has 0 spiro atoms. The number of amides is 1. The number of rotatable bonds is 5. The summed E-state index contributed by atoms with van der Waals surface area (Å²) in [4.78, 5) is 18.9. The standard InChI is InChI=1S/C9H14ClN5O/c1-2-3-12-7(16)5-13-8-6(10)4-14-9(11)15-8/h4H,2-3,5H2,1H3,(H,12,16)(H3,11,13,14,15). The topological polar surface area (TPSA) is 92.9 Å². The lowest BCUT2D eigenvalue weighted by atomic mass is 10.4. The van der Waals surface area contributed by atoms with E-state index in [0.717, 1.165) is 6.42 Å². The fourth-order valence-electron chi connectivity index (χ4n) is 0.996. The third-order valence-electron chi connectivity index (χ3n) is 1.75. The van der Waals surface area contributed by atoms with Gasteiger partial charge in [-0.25, -0.2) is 4.98 Å². The Bertz CT molecular complexity index is 371. The third-order valence-corrected chi connectivity index (χ3v) is 2.03. The van der Waals surface area contributed by atoms with Gasteiger partial charge < -0.3 is 16.4 Å². The van der Waals surface area contributed by atoms with Crippen LogP contribution in [0.15, 0.2) is 6.20 Å². The van der Waals surface area contributed by atoms with E-state index in [4.69, 9.17) is 17.3 Å². The normalized spacial score (nSPS) is 9.88. The lowest BCUT2D eigenvalue weighted by Crippen LogP contribution is -2.30. The maximum atomic E-state index is 11.3. The van der Waals surface area contributed by atoms with E-state index in [9.17, 15) is 4.79 Å². The van der Waals surface area contributed by atoms with Crippen molar-refractivity contribution in [1.29, 1.82) is 0 Å². The number of nitrogen functional groups attached to an aromatic ring is 1. The smallest absolute Gasteiger partial charge is 0.239 e. The van der Waals surface area contributed by atoms with Gasteiger partial charge in [0.25, 0.3) is 0 Å². The molecular weight excluding hydrogens is 230 g/mol. The van der Waals surface area contributed by atoms with Gasteiger partial charge in [-0.05, 0) is 6.42 Å². The van der Waals surface area contributed by atoms with Crippen molar-refractivity contribution in [2.24, 2.45) is 0 Å². The number of hydrogen-bond acceptors (Lipinski definition) is 5. The monoisotopic (exact) mass is 243 g/mol. The quantitative estimate of drug-likeness (QED) is 0.706. The second kappa shape index (κ2) is 6.12. The van der Waals surface area contributed by atoms with Crippen LogP contribution < -0.4 is 16.4 Å². The minimum Gasteiger partial charge on any atom is -0.368 e. The predicted molar refractivity (Wildman–Crippen MR) is 63.2 cm³/mol. The van der Waals surface area contributed by atoms with E-state index in [1.54, 1.807) is 0 Å².